The van der Waals surface area contributed by atoms with E-state index in [9.17, 15) is 4.79 Å². The molecule has 0 aliphatic carbocycles. The molecule has 124 valence electrons. The number of H-pyrrole nitrogens is 1. The Balaban J connectivity index is 1.53. The number of aromatic amines is 1. The number of hydrogen-bond acceptors (Lipinski definition) is 6. The van der Waals surface area contributed by atoms with Crippen LogP contribution >= 0.6 is 0 Å². The minimum atomic E-state index is -0.243. The van der Waals surface area contributed by atoms with Gasteiger partial charge in [-0.1, -0.05) is 0 Å². The maximum atomic E-state index is 12.5. The summed E-state index contributed by atoms with van der Waals surface area (Å²) in [6.45, 7) is 1.95. The number of carbonyl (C=O) groups excluding carboxylic acids is 1. The molecule has 1 aromatic carbocycles. The van der Waals surface area contributed by atoms with E-state index in [1.165, 1.54) is 0 Å². The summed E-state index contributed by atoms with van der Waals surface area (Å²) in [5.41, 5.74) is 1.87. The fraction of sp³-hybridized carbons (Fsp3) is 0.400. The predicted molar refractivity (Wildman–Crippen MR) is 87.7 cm³/mol. The molecule has 2 aromatic heterocycles. The third kappa shape index (κ3) is 2.73. The van der Waals surface area contributed by atoms with Crippen LogP contribution in [-0.4, -0.2) is 49.2 Å². The number of fused-ring (bicyclic) bond motifs is 1. The van der Waals surface area contributed by atoms with E-state index in [4.69, 9.17) is 0 Å². The Labute approximate surface area is 137 Å². The first kappa shape index (κ1) is 14.8. The highest BCUT2D eigenvalue weighted by molar-refractivity contribution is 6.05. The van der Waals surface area contributed by atoms with Crippen molar-refractivity contribution in [2.45, 2.75) is 18.8 Å². The smallest absolute Gasteiger partial charge is 0.258 e. The second-order valence-electron chi connectivity index (χ2n) is 5.92. The monoisotopic (exact) mass is 326 g/mol. The SMILES string of the molecule is Cn1nc(C2CCNCC2)nc1NC(=O)c1ccc2n[nH]nc2c1. The van der Waals surface area contributed by atoms with Crippen molar-refractivity contribution < 1.29 is 4.79 Å². The maximum Gasteiger partial charge on any atom is 0.258 e. The minimum absolute atomic E-state index is 0.243. The van der Waals surface area contributed by atoms with Gasteiger partial charge in [0.15, 0.2) is 5.82 Å². The van der Waals surface area contributed by atoms with E-state index >= 15 is 0 Å². The predicted octanol–water partition coefficient (Wildman–Crippen LogP) is 0.806. The number of aryl methyl sites for hydroxylation is 1. The van der Waals surface area contributed by atoms with Crippen molar-refractivity contribution in [3.8, 4) is 0 Å². The first-order valence-corrected chi connectivity index (χ1v) is 7.94. The Morgan fingerprint density at radius 1 is 1.25 bits per heavy atom. The largest absolute Gasteiger partial charge is 0.317 e. The fourth-order valence-electron chi connectivity index (χ4n) is 2.92. The molecule has 1 fully saturated rings. The lowest BCUT2D eigenvalue weighted by Gasteiger charge is -2.19. The summed E-state index contributed by atoms with van der Waals surface area (Å²) in [4.78, 5) is 17.0. The molecule has 1 aliphatic rings. The number of hydrogen-bond donors (Lipinski definition) is 3. The van der Waals surface area contributed by atoms with Gasteiger partial charge in [-0.3, -0.25) is 10.1 Å². The van der Waals surface area contributed by atoms with Gasteiger partial charge in [0.1, 0.15) is 11.0 Å². The van der Waals surface area contributed by atoms with E-state index in [1.807, 2.05) is 0 Å². The zero-order valence-corrected chi connectivity index (χ0v) is 13.3. The molecule has 1 aliphatic heterocycles. The van der Waals surface area contributed by atoms with Crippen LogP contribution in [0.3, 0.4) is 0 Å². The molecule has 3 aromatic rings. The molecule has 1 amide bonds. The molecule has 0 unspecified atom stereocenters. The van der Waals surface area contributed by atoms with Gasteiger partial charge in [-0.2, -0.15) is 25.5 Å². The van der Waals surface area contributed by atoms with Gasteiger partial charge in [0.05, 0.1) is 0 Å². The Hall–Kier alpha value is -2.81. The number of carbonyl (C=O) groups is 1. The normalized spacial score (nSPS) is 15.7. The number of rotatable bonds is 3. The Morgan fingerprint density at radius 3 is 2.88 bits per heavy atom. The van der Waals surface area contributed by atoms with Gasteiger partial charge in [0.2, 0.25) is 5.95 Å². The number of benzene rings is 1. The second kappa shape index (κ2) is 6.00. The molecule has 1 saturated heterocycles. The Bertz CT molecular complexity index is 877. The van der Waals surface area contributed by atoms with Crippen LogP contribution in [0, 0.1) is 0 Å². The van der Waals surface area contributed by atoms with Crippen LogP contribution in [0.5, 0.6) is 0 Å². The summed E-state index contributed by atoms with van der Waals surface area (Å²) < 4.78 is 1.61. The van der Waals surface area contributed by atoms with E-state index in [0.29, 0.717) is 22.9 Å². The maximum absolute atomic E-state index is 12.5. The molecule has 24 heavy (non-hydrogen) atoms. The number of anilines is 1. The standard InChI is InChI=1S/C15H18N8O/c1-23-15(17-13(21-23)9-4-6-16-7-5-9)18-14(24)10-2-3-11-12(8-10)20-22-19-11/h2-3,8-9,16H,4-7H2,1H3,(H,19,20,22)(H,17,18,21,24). The van der Waals surface area contributed by atoms with Gasteiger partial charge in [0, 0.05) is 18.5 Å². The highest BCUT2D eigenvalue weighted by atomic mass is 16.1. The van der Waals surface area contributed by atoms with Crippen LogP contribution < -0.4 is 10.6 Å². The summed E-state index contributed by atoms with van der Waals surface area (Å²) in [6, 6.07) is 5.16. The highest BCUT2D eigenvalue weighted by Crippen LogP contribution is 2.23. The molecule has 0 bridgehead atoms. The van der Waals surface area contributed by atoms with E-state index in [1.54, 1.807) is 29.9 Å². The van der Waals surface area contributed by atoms with E-state index < -0.39 is 0 Å². The van der Waals surface area contributed by atoms with Crippen LogP contribution in [0.25, 0.3) is 11.0 Å². The topological polar surface area (TPSA) is 113 Å². The summed E-state index contributed by atoms with van der Waals surface area (Å²) in [6.07, 6.45) is 2.03. The third-order valence-electron chi connectivity index (χ3n) is 4.29. The van der Waals surface area contributed by atoms with Crippen molar-refractivity contribution >= 4 is 22.9 Å². The molecule has 3 heterocycles. The van der Waals surface area contributed by atoms with Gasteiger partial charge in [-0.05, 0) is 44.1 Å². The molecule has 0 atom stereocenters. The summed E-state index contributed by atoms with van der Waals surface area (Å²) in [5, 5.41) is 21.1. The summed E-state index contributed by atoms with van der Waals surface area (Å²) >= 11 is 0. The zero-order valence-electron chi connectivity index (χ0n) is 13.3. The first-order chi connectivity index (χ1) is 11.7. The second-order valence-corrected chi connectivity index (χ2v) is 5.92. The molecule has 9 heteroatoms. The van der Waals surface area contributed by atoms with Crippen LogP contribution in [0.15, 0.2) is 18.2 Å². The number of amides is 1. The molecule has 9 nitrogen and oxygen atoms in total. The van der Waals surface area contributed by atoms with Crippen molar-refractivity contribution in [3.05, 3.63) is 29.6 Å². The number of nitrogens with zero attached hydrogens (tertiary/aromatic N) is 5. The molecule has 3 N–H and O–H groups in total. The summed E-state index contributed by atoms with van der Waals surface area (Å²) in [5.74, 6) is 1.34. The zero-order chi connectivity index (χ0) is 16.5. The molecular weight excluding hydrogens is 308 g/mol. The average molecular weight is 326 g/mol. The van der Waals surface area contributed by atoms with E-state index in [0.717, 1.165) is 37.3 Å². The van der Waals surface area contributed by atoms with E-state index in [-0.39, 0.29) is 5.91 Å². The molecule has 4 rings (SSSR count). The van der Waals surface area contributed by atoms with Crippen molar-refractivity contribution in [3.63, 3.8) is 0 Å². The molecule has 0 radical (unpaired) electrons. The lowest BCUT2D eigenvalue weighted by Crippen LogP contribution is -2.27. The van der Waals surface area contributed by atoms with Crippen molar-refractivity contribution in [2.75, 3.05) is 18.4 Å². The van der Waals surface area contributed by atoms with Gasteiger partial charge >= 0.3 is 0 Å². The lowest BCUT2D eigenvalue weighted by atomic mass is 9.98. The van der Waals surface area contributed by atoms with Crippen LogP contribution in [0.1, 0.15) is 34.9 Å². The number of piperidine rings is 1. The van der Waals surface area contributed by atoms with Crippen molar-refractivity contribution in [1.29, 1.82) is 0 Å². The van der Waals surface area contributed by atoms with Gasteiger partial charge in [-0.15, -0.1) is 0 Å². The summed E-state index contributed by atoms with van der Waals surface area (Å²) in [7, 11) is 1.79. The van der Waals surface area contributed by atoms with Crippen molar-refractivity contribution in [1.82, 2.24) is 35.5 Å². The minimum Gasteiger partial charge on any atom is -0.317 e. The quantitative estimate of drug-likeness (QED) is 0.656. The molecule has 0 saturated carbocycles. The van der Waals surface area contributed by atoms with Gasteiger partial charge < -0.3 is 5.32 Å². The lowest BCUT2D eigenvalue weighted by molar-refractivity contribution is 0.102. The average Bonchev–Trinajstić information content (AvgIpc) is 3.22. The van der Waals surface area contributed by atoms with Crippen LogP contribution in [-0.2, 0) is 7.05 Å². The number of aromatic nitrogens is 6. The number of nitrogens with one attached hydrogen (secondary N) is 3. The van der Waals surface area contributed by atoms with Crippen LogP contribution in [0.2, 0.25) is 0 Å². The van der Waals surface area contributed by atoms with Crippen LogP contribution in [0.4, 0.5) is 5.95 Å². The van der Waals surface area contributed by atoms with E-state index in [2.05, 4.69) is 36.1 Å². The molecule has 0 spiro atoms. The highest BCUT2D eigenvalue weighted by Gasteiger charge is 2.21. The third-order valence-corrected chi connectivity index (χ3v) is 4.29. The fourth-order valence-corrected chi connectivity index (χ4v) is 2.92. The molecular formula is C15H18N8O. The Morgan fingerprint density at radius 2 is 2.04 bits per heavy atom. The van der Waals surface area contributed by atoms with Gasteiger partial charge in [-0.25, -0.2) is 4.68 Å². The van der Waals surface area contributed by atoms with Gasteiger partial charge in [0.25, 0.3) is 5.91 Å². The Kier molecular flexibility index (Phi) is 3.69. The first-order valence-electron chi connectivity index (χ1n) is 7.94. The van der Waals surface area contributed by atoms with Crippen molar-refractivity contribution in [2.24, 2.45) is 7.05 Å².